The summed E-state index contributed by atoms with van der Waals surface area (Å²) in [5.41, 5.74) is 2.21. The molecule has 0 amide bonds. The zero-order valence-electron chi connectivity index (χ0n) is 9.45. The van der Waals surface area contributed by atoms with Crippen LogP contribution in [0.1, 0.15) is 4.88 Å². The maximum atomic E-state index is 6.20. The van der Waals surface area contributed by atoms with Gasteiger partial charge in [0.25, 0.3) is 0 Å². The van der Waals surface area contributed by atoms with Gasteiger partial charge in [-0.3, -0.25) is 0 Å². The monoisotopic (exact) mass is 294 g/mol. The predicted molar refractivity (Wildman–Crippen MR) is 77.6 cm³/mol. The van der Waals surface area contributed by atoms with E-state index in [4.69, 9.17) is 23.2 Å². The zero-order valence-corrected chi connectivity index (χ0v) is 11.8. The molecule has 0 aliphatic heterocycles. The van der Waals surface area contributed by atoms with E-state index in [1.54, 1.807) is 11.3 Å². The van der Waals surface area contributed by atoms with Crippen molar-refractivity contribution in [3.8, 4) is 11.1 Å². The minimum atomic E-state index is 0.188. The van der Waals surface area contributed by atoms with E-state index in [0.29, 0.717) is 5.15 Å². The number of hydrogen-bond donors (Lipinski definition) is 0. The van der Waals surface area contributed by atoms with Gasteiger partial charge in [-0.25, -0.2) is 9.97 Å². The van der Waals surface area contributed by atoms with E-state index in [-0.39, 0.29) is 5.28 Å². The third-order valence-electron chi connectivity index (χ3n) is 2.72. The second-order valence-electron chi connectivity index (χ2n) is 3.86. The number of aryl methyl sites for hydroxylation is 1. The molecule has 0 saturated carbocycles. The molecule has 3 aromatic rings. The number of rotatable bonds is 1. The van der Waals surface area contributed by atoms with Crippen LogP contribution in [0.2, 0.25) is 10.4 Å². The minimum Gasteiger partial charge on any atom is -0.207 e. The number of halogens is 2. The topological polar surface area (TPSA) is 25.8 Å². The molecule has 0 spiro atoms. The van der Waals surface area contributed by atoms with Crippen molar-refractivity contribution in [1.82, 2.24) is 9.97 Å². The molecular weight excluding hydrogens is 287 g/mol. The Balaban J connectivity index is 2.40. The fourth-order valence-corrected chi connectivity index (χ4v) is 3.63. The van der Waals surface area contributed by atoms with Crippen LogP contribution in [0.15, 0.2) is 30.3 Å². The van der Waals surface area contributed by atoms with E-state index in [2.05, 4.69) is 29.0 Å². The Kier molecular flexibility index (Phi) is 2.98. The maximum absolute atomic E-state index is 6.20. The van der Waals surface area contributed by atoms with E-state index in [1.807, 2.05) is 18.2 Å². The smallest absolute Gasteiger partial charge is 0.207 e. The van der Waals surface area contributed by atoms with E-state index in [1.165, 1.54) is 0 Å². The van der Waals surface area contributed by atoms with Crippen LogP contribution in [-0.2, 0) is 0 Å². The van der Waals surface area contributed by atoms with Crippen LogP contribution in [0, 0.1) is 6.92 Å². The molecule has 5 heteroatoms. The molecule has 0 bridgehead atoms. The van der Waals surface area contributed by atoms with Crippen molar-refractivity contribution >= 4 is 44.8 Å². The minimum absolute atomic E-state index is 0.188. The van der Waals surface area contributed by atoms with Crippen molar-refractivity contribution in [2.75, 3.05) is 0 Å². The summed E-state index contributed by atoms with van der Waals surface area (Å²) in [5, 5.41) is 1.48. The third kappa shape index (κ3) is 1.88. The Hall–Kier alpha value is -1.16. The molecule has 0 saturated heterocycles. The first-order chi connectivity index (χ1) is 8.66. The Morgan fingerprint density at radius 2 is 1.78 bits per heavy atom. The van der Waals surface area contributed by atoms with Crippen LogP contribution >= 0.6 is 34.5 Å². The lowest BCUT2D eigenvalue weighted by Gasteiger charge is -2.02. The molecule has 0 radical (unpaired) electrons. The highest BCUT2D eigenvalue weighted by Crippen LogP contribution is 2.40. The van der Waals surface area contributed by atoms with Gasteiger partial charge in [-0.05, 0) is 24.1 Å². The Morgan fingerprint density at radius 1 is 1.06 bits per heavy atom. The van der Waals surface area contributed by atoms with Crippen LogP contribution in [0.4, 0.5) is 0 Å². The molecule has 18 heavy (non-hydrogen) atoms. The van der Waals surface area contributed by atoms with Crippen LogP contribution in [0.5, 0.6) is 0 Å². The van der Waals surface area contributed by atoms with Crippen molar-refractivity contribution in [3.63, 3.8) is 0 Å². The number of aromatic nitrogens is 2. The lowest BCUT2D eigenvalue weighted by molar-refractivity contribution is 1.23. The summed E-state index contributed by atoms with van der Waals surface area (Å²) in [5.74, 6) is 0. The molecule has 2 aromatic heterocycles. The van der Waals surface area contributed by atoms with Gasteiger partial charge in [0.1, 0.15) is 9.98 Å². The number of fused-ring (bicyclic) bond motifs is 1. The van der Waals surface area contributed by atoms with Gasteiger partial charge in [-0.1, -0.05) is 41.9 Å². The van der Waals surface area contributed by atoms with Crippen molar-refractivity contribution in [3.05, 3.63) is 45.6 Å². The van der Waals surface area contributed by atoms with Gasteiger partial charge in [0, 0.05) is 10.4 Å². The van der Waals surface area contributed by atoms with Gasteiger partial charge in [-0.15, -0.1) is 11.3 Å². The molecule has 0 atom stereocenters. The van der Waals surface area contributed by atoms with E-state index in [0.717, 1.165) is 26.2 Å². The highest BCUT2D eigenvalue weighted by Gasteiger charge is 2.16. The van der Waals surface area contributed by atoms with Gasteiger partial charge >= 0.3 is 0 Å². The van der Waals surface area contributed by atoms with Crippen LogP contribution in [-0.4, -0.2) is 9.97 Å². The SMILES string of the molecule is Cc1sc2nc(Cl)nc(Cl)c2c1-c1ccccc1. The largest absolute Gasteiger partial charge is 0.225 e. The van der Waals surface area contributed by atoms with Crippen molar-refractivity contribution in [2.24, 2.45) is 0 Å². The molecular formula is C13H8Cl2N2S. The molecule has 0 aliphatic rings. The van der Waals surface area contributed by atoms with Crippen molar-refractivity contribution < 1.29 is 0 Å². The average molecular weight is 295 g/mol. The maximum Gasteiger partial charge on any atom is 0.225 e. The third-order valence-corrected chi connectivity index (χ3v) is 4.16. The second kappa shape index (κ2) is 4.50. The first-order valence-corrected chi connectivity index (χ1v) is 6.91. The van der Waals surface area contributed by atoms with Crippen LogP contribution in [0.3, 0.4) is 0 Å². The molecule has 3 rings (SSSR count). The summed E-state index contributed by atoms with van der Waals surface area (Å²) in [4.78, 5) is 10.3. The molecule has 0 unspecified atom stereocenters. The van der Waals surface area contributed by atoms with E-state index in [9.17, 15) is 0 Å². The Labute approximate surface area is 118 Å². The first kappa shape index (κ1) is 11.9. The van der Waals surface area contributed by atoms with Crippen LogP contribution in [0.25, 0.3) is 21.3 Å². The number of benzene rings is 1. The van der Waals surface area contributed by atoms with Gasteiger partial charge in [0.2, 0.25) is 5.28 Å². The summed E-state index contributed by atoms with van der Waals surface area (Å²) < 4.78 is 0. The lowest BCUT2D eigenvalue weighted by Crippen LogP contribution is -1.85. The average Bonchev–Trinajstić information content (AvgIpc) is 2.66. The number of hydrogen-bond acceptors (Lipinski definition) is 3. The quantitative estimate of drug-likeness (QED) is 0.467. The molecule has 1 aromatic carbocycles. The summed E-state index contributed by atoms with van der Waals surface area (Å²) >= 11 is 13.6. The van der Waals surface area contributed by atoms with Gasteiger partial charge in [0.05, 0.1) is 5.39 Å². The predicted octanol–water partition coefficient (Wildman–Crippen LogP) is 4.97. The highest BCUT2D eigenvalue weighted by atomic mass is 35.5. The Bertz CT molecular complexity index is 723. The lowest BCUT2D eigenvalue weighted by atomic mass is 10.0. The second-order valence-corrected chi connectivity index (χ2v) is 5.76. The molecule has 2 heterocycles. The number of thiophene rings is 1. The Morgan fingerprint density at radius 3 is 2.50 bits per heavy atom. The standard InChI is InChI=1S/C13H8Cl2N2S/c1-7-9(8-5-3-2-4-6-8)10-11(14)16-13(15)17-12(10)18-7/h2-6H,1H3. The molecule has 90 valence electrons. The zero-order chi connectivity index (χ0) is 12.7. The summed E-state index contributed by atoms with van der Waals surface area (Å²) in [6.45, 7) is 2.05. The normalized spacial score (nSPS) is 11.1. The van der Waals surface area contributed by atoms with Gasteiger partial charge in [-0.2, -0.15) is 0 Å². The van der Waals surface area contributed by atoms with E-state index < -0.39 is 0 Å². The summed E-state index contributed by atoms with van der Waals surface area (Å²) in [6.07, 6.45) is 0. The van der Waals surface area contributed by atoms with Gasteiger partial charge < -0.3 is 0 Å². The fraction of sp³-hybridized carbons (Fsp3) is 0.0769. The van der Waals surface area contributed by atoms with Crippen molar-refractivity contribution in [2.45, 2.75) is 6.92 Å². The fourth-order valence-electron chi connectivity index (χ4n) is 2.00. The summed E-state index contributed by atoms with van der Waals surface area (Å²) in [7, 11) is 0. The molecule has 2 nitrogen and oxygen atoms in total. The van der Waals surface area contributed by atoms with Crippen LogP contribution < -0.4 is 0 Å². The van der Waals surface area contributed by atoms with Crippen molar-refractivity contribution in [1.29, 1.82) is 0 Å². The molecule has 0 N–H and O–H groups in total. The molecule has 0 aliphatic carbocycles. The van der Waals surface area contributed by atoms with Gasteiger partial charge in [0.15, 0.2) is 0 Å². The molecule has 0 fully saturated rings. The first-order valence-electron chi connectivity index (χ1n) is 5.34. The highest BCUT2D eigenvalue weighted by molar-refractivity contribution is 7.19. The summed E-state index contributed by atoms with van der Waals surface area (Å²) in [6, 6.07) is 10.1. The van der Waals surface area contributed by atoms with E-state index >= 15 is 0 Å². The number of nitrogens with zero attached hydrogens (tertiary/aromatic N) is 2.